The largest absolute Gasteiger partial charge is 0.464 e. The van der Waals surface area contributed by atoms with E-state index in [9.17, 15) is 10.1 Å². The molecule has 0 N–H and O–H groups in total. The summed E-state index contributed by atoms with van der Waals surface area (Å²) < 4.78 is 29.2. The third kappa shape index (κ3) is 4.62. The summed E-state index contributed by atoms with van der Waals surface area (Å²) >= 11 is 0. The van der Waals surface area contributed by atoms with E-state index in [-0.39, 0.29) is 62.7 Å². The monoisotopic (exact) mass is 607 g/mol. The molecule has 0 aliphatic carbocycles. The van der Waals surface area contributed by atoms with Crippen LogP contribution >= 0.6 is 0 Å². The number of likely N-dealkylation sites (N-methyl/N-ethyl adjacent to an activating group) is 1. The summed E-state index contributed by atoms with van der Waals surface area (Å²) in [4.78, 5) is 18.0. The molecule has 0 spiro atoms. The molecule has 1 fully saturated rings. The van der Waals surface area contributed by atoms with Gasteiger partial charge in [0.15, 0.2) is 23.0 Å². The van der Waals surface area contributed by atoms with Crippen LogP contribution in [0.25, 0.3) is 0 Å². The summed E-state index contributed by atoms with van der Waals surface area (Å²) in [5.74, 6) is 2.73. The number of carbonyl (C=O) groups excluding carboxylic acids is 1. The van der Waals surface area contributed by atoms with Crippen molar-refractivity contribution in [1.29, 1.82) is 5.26 Å². The number of aryl methyl sites for hydroxylation is 1. The molecule has 5 aliphatic rings. The van der Waals surface area contributed by atoms with Crippen LogP contribution in [0.4, 0.5) is 0 Å². The van der Waals surface area contributed by atoms with Gasteiger partial charge in [-0.25, -0.2) is 0 Å². The normalized spacial score (nSPS) is 26.3. The van der Waals surface area contributed by atoms with Gasteiger partial charge in [0.1, 0.15) is 12.6 Å². The molecule has 9 heteroatoms. The first-order chi connectivity index (χ1) is 21.9. The number of ether oxygens (including phenoxy) is 5. The molecule has 1 saturated heterocycles. The lowest BCUT2D eigenvalue weighted by Crippen LogP contribution is -2.68. The highest BCUT2D eigenvalue weighted by atomic mass is 16.7. The number of rotatable bonds is 6. The minimum Gasteiger partial charge on any atom is -0.464 e. The zero-order valence-corrected chi connectivity index (χ0v) is 25.8. The van der Waals surface area contributed by atoms with Crippen LogP contribution in [0, 0.1) is 11.3 Å². The number of hydrogen-bond acceptors (Lipinski definition) is 9. The molecule has 0 radical (unpaired) electrons. The summed E-state index contributed by atoms with van der Waals surface area (Å²) in [6, 6.07) is 18.7. The second kappa shape index (κ2) is 11.0. The van der Waals surface area contributed by atoms with Crippen molar-refractivity contribution in [2.75, 3.05) is 27.2 Å². The average Bonchev–Trinajstić information content (AvgIpc) is 3.70. The molecule has 8 rings (SSSR count). The molecule has 6 atom stereocenters. The van der Waals surface area contributed by atoms with Crippen LogP contribution in [0.3, 0.4) is 0 Å². The van der Waals surface area contributed by atoms with Gasteiger partial charge >= 0.3 is 5.97 Å². The van der Waals surface area contributed by atoms with Crippen LogP contribution in [0.1, 0.15) is 71.7 Å². The molecule has 0 amide bonds. The molecule has 45 heavy (non-hydrogen) atoms. The number of benzene rings is 3. The number of esters is 1. The number of piperazine rings is 1. The van der Waals surface area contributed by atoms with Crippen LogP contribution in [-0.2, 0) is 28.8 Å². The Bertz CT molecular complexity index is 1700. The Morgan fingerprint density at radius 2 is 1.53 bits per heavy atom. The van der Waals surface area contributed by atoms with Crippen molar-refractivity contribution < 1.29 is 28.5 Å². The van der Waals surface area contributed by atoms with Crippen LogP contribution < -0.4 is 18.9 Å². The van der Waals surface area contributed by atoms with Gasteiger partial charge in [-0.1, -0.05) is 38.1 Å². The van der Waals surface area contributed by atoms with Gasteiger partial charge in [-0.2, -0.15) is 5.26 Å². The minimum absolute atomic E-state index is 0.0146. The smallest absolute Gasteiger partial charge is 0.306 e. The first-order valence-corrected chi connectivity index (χ1v) is 15.9. The van der Waals surface area contributed by atoms with E-state index in [4.69, 9.17) is 23.7 Å². The maximum Gasteiger partial charge on any atom is 0.306 e. The quantitative estimate of drug-likeness (QED) is 0.350. The van der Waals surface area contributed by atoms with Crippen molar-refractivity contribution >= 4 is 5.97 Å². The standard InChI is InChI=1S/C36H37N3O6/c1-4-21-5-7-22(8-6-21)20(2)9-35(40)41-17-30-25-14-33-31(42-18-44-33)12-23(25)11-28-36-26-15-34-32(43-19-45-34)13-24(26)10-27(38(36)3)29(16-37)39(28)30/h5-8,12-15,20,27-30,36H,4,9-11,17-19H2,1-3H3/t20?,27-,28-,29-,30-,36+/m0/s1. The van der Waals surface area contributed by atoms with E-state index in [0.29, 0.717) is 5.75 Å². The number of fused-ring (bicyclic) bond motifs is 9. The molecular weight excluding hydrogens is 570 g/mol. The van der Waals surface area contributed by atoms with E-state index in [1.54, 1.807) is 0 Å². The second-order valence-electron chi connectivity index (χ2n) is 12.9. The fourth-order valence-corrected chi connectivity index (χ4v) is 8.15. The number of carbonyl (C=O) groups is 1. The van der Waals surface area contributed by atoms with Gasteiger partial charge in [0.2, 0.25) is 13.6 Å². The Morgan fingerprint density at radius 3 is 2.18 bits per heavy atom. The predicted molar refractivity (Wildman–Crippen MR) is 164 cm³/mol. The van der Waals surface area contributed by atoms with Gasteiger partial charge in [-0.15, -0.1) is 0 Å². The van der Waals surface area contributed by atoms with Gasteiger partial charge in [0, 0.05) is 12.1 Å². The van der Waals surface area contributed by atoms with Gasteiger partial charge in [0.25, 0.3) is 0 Å². The zero-order valence-electron chi connectivity index (χ0n) is 25.8. The molecule has 2 bridgehead atoms. The van der Waals surface area contributed by atoms with Crippen molar-refractivity contribution in [3.63, 3.8) is 0 Å². The lowest BCUT2D eigenvalue weighted by Gasteiger charge is -2.59. The van der Waals surface area contributed by atoms with Crippen molar-refractivity contribution in [1.82, 2.24) is 9.80 Å². The Morgan fingerprint density at radius 1 is 0.933 bits per heavy atom. The molecule has 9 nitrogen and oxygen atoms in total. The van der Waals surface area contributed by atoms with Crippen LogP contribution in [-0.4, -0.2) is 61.1 Å². The van der Waals surface area contributed by atoms with E-state index in [0.717, 1.165) is 53.2 Å². The first-order valence-electron chi connectivity index (χ1n) is 15.9. The molecule has 1 unspecified atom stereocenters. The summed E-state index contributed by atoms with van der Waals surface area (Å²) in [7, 11) is 2.13. The zero-order chi connectivity index (χ0) is 30.8. The number of hydrogen-bond donors (Lipinski definition) is 0. The maximum atomic E-state index is 13.3. The Labute approximate surface area is 263 Å². The van der Waals surface area contributed by atoms with Crippen molar-refractivity contribution in [2.45, 2.75) is 75.7 Å². The van der Waals surface area contributed by atoms with Crippen LogP contribution in [0.2, 0.25) is 0 Å². The van der Waals surface area contributed by atoms with Crippen LogP contribution in [0.15, 0.2) is 48.5 Å². The molecule has 0 aromatic heterocycles. The van der Waals surface area contributed by atoms with E-state index in [2.05, 4.69) is 79.2 Å². The third-order valence-electron chi connectivity index (χ3n) is 10.5. The van der Waals surface area contributed by atoms with Crippen molar-refractivity contribution in [3.8, 4) is 29.1 Å². The van der Waals surface area contributed by atoms with E-state index < -0.39 is 6.04 Å². The number of nitrogens with zero attached hydrogens (tertiary/aromatic N) is 3. The fourth-order valence-electron chi connectivity index (χ4n) is 8.15. The molecule has 0 saturated carbocycles. The lowest BCUT2D eigenvalue weighted by atomic mass is 9.73. The summed E-state index contributed by atoms with van der Waals surface area (Å²) in [5, 5.41) is 10.7. The summed E-state index contributed by atoms with van der Waals surface area (Å²) in [6.07, 6.45) is 2.70. The van der Waals surface area contributed by atoms with Crippen LogP contribution in [0.5, 0.6) is 23.0 Å². The van der Waals surface area contributed by atoms with Crippen molar-refractivity contribution in [2.24, 2.45) is 0 Å². The second-order valence-corrected chi connectivity index (χ2v) is 12.9. The highest BCUT2D eigenvalue weighted by molar-refractivity contribution is 5.70. The number of nitriles is 1. The van der Waals surface area contributed by atoms with E-state index >= 15 is 0 Å². The van der Waals surface area contributed by atoms with E-state index in [1.165, 1.54) is 16.7 Å². The molecule has 232 valence electrons. The predicted octanol–water partition coefficient (Wildman–Crippen LogP) is 5.21. The summed E-state index contributed by atoms with van der Waals surface area (Å²) in [6.45, 7) is 4.74. The minimum atomic E-state index is -0.409. The first kappa shape index (κ1) is 28.2. The molecule has 5 heterocycles. The Kier molecular flexibility index (Phi) is 6.88. The van der Waals surface area contributed by atoms with Gasteiger partial charge in [-0.3, -0.25) is 14.6 Å². The average molecular weight is 608 g/mol. The molecule has 3 aromatic rings. The maximum absolute atomic E-state index is 13.3. The third-order valence-corrected chi connectivity index (χ3v) is 10.5. The topological polar surface area (TPSA) is 93.5 Å². The van der Waals surface area contributed by atoms with Crippen molar-refractivity contribution in [3.05, 3.63) is 81.9 Å². The fraction of sp³-hybridized carbons (Fsp3) is 0.444. The highest BCUT2D eigenvalue weighted by Crippen LogP contribution is 2.53. The van der Waals surface area contributed by atoms with E-state index in [1.807, 2.05) is 6.07 Å². The molecule has 3 aromatic carbocycles. The van der Waals surface area contributed by atoms with Gasteiger partial charge < -0.3 is 23.7 Å². The highest BCUT2D eigenvalue weighted by Gasteiger charge is 2.55. The summed E-state index contributed by atoms with van der Waals surface area (Å²) in [5.41, 5.74) is 6.95. The lowest BCUT2D eigenvalue weighted by molar-refractivity contribution is -0.149. The van der Waals surface area contributed by atoms with Gasteiger partial charge in [-0.05, 0) is 89.9 Å². The van der Waals surface area contributed by atoms with Gasteiger partial charge in [0.05, 0.1) is 24.6 Å². The Hall–Kier alpha value is -4.26. The Balaban J connectivity index is 1.13. The SMILES string of the molecule is CCc1ccc(C(C)CC(=O)OC[C@H]2c3cc4c(cc3C[C@H]3[C@H]5c6cc7c(cc6C[C@@H]([C@H](C#N)N23)N5C)OCO7)OCO4)cc1. The molecule has 5 aliphatic heterocycles. The molecular formula is C36H37N3O6.